The fraction of sp³-hybridized carbons (Fsp3) is 0.308. The van der Waals surface area contributed by atoms with Crippen LogP contribution in [-0.2, 0) is 9.59 Å². The normalized spacial score (nSPS) is 13.1. The predicted octanol–water partition coefficient (Wildman–Crippen LogP) is 1.65. The van der Waals surface area contributed by atoms with Gasteiger partial charge in [-0.25, -0.2) is 9.18 Å². The van der Waals surface area contributed by atoms with Crippen LogP contribution >= 0.6 is 23.2 Å². The number of hydrogen-bond donors (Lipinski definition) is 3. The van der Waals surface area contributed by atoms with E-state index >= 15 is 0 Å². The van der Waals surface area contributed by atoms with Crippen LogP contribution in [0.2, 0.25) is 10.0 Å². The van der Waals surface area contributed by atoms with Crippen LogP contribution in [0.3, 0.4) is 0 Å². The van der Waals surface area contributed by atoms with Gasteiger partial charge >= 0.3 is 5.97 Å². The van der Waals surface area contributed by atoms with E-state index in [9.17, 15) is 18.8 Å². The number of benzene rings is 1. The first-order chi connectivity index (χ1) is 10.3. The summed E-state index contributed by atoms with van der Waals surface area (Å²) < 4.78 is 12.4. The zero-order valence-corrected chi connectivity index (χ0v) is 12.9. The summed E-state index contributed by atoms with van der Waals surface area (Å²) in [6, 6.07) is 1.67. The van der Waals surface area contributed by atoms with E-state index in [-0.39, 0.29) is 15.6 Å². The number of amides is 2. The topological polar surface area (TPSA) is 95.5 Å². The van der Waals surface area contributed by atoms with Crippen LogP contribution in [0, 0.1) is 0 Å². The highest BCUT2D eigenvalue weighted by Crippen LogP contribution is 2.25. The van der Waals surface area contributed by atoms with E-state index in [4.69, 9.17) is 28.3 Å². The van der Waals surface area contributed by atoms with Gasteiger partial charge in [0.25, 0.3) is 5.91 Å². The van der Waals surface area contributed by atoms with Gasteiger partial charge in [0.05, 0.1) is 15.6 Å². The van der Waals surface area contributed by atoms with Crippen molar-refractivity contribution in [1.82, 2.24) is 10.6 Å². The van der Waals surface area contributed by atoms with E-state index in [1.807, 2.05) is 5.32 Å². The van der Waals surface area contributed by atoms with Crippen LogP contribution in [0.4, 0.5) is 4.39 Å². The number of carbonyl (C=O) groups is 3. The molecule has 2 amide bonds. The second kappa shape index (κ2) is 7.95. The molecule has 1 rings (SSSR count). The summed E-state index contributed by atoms with van der Waals surface area (Å²) in [7, 11) is 0. The Hall–Kier alpha value is -1.86. The maximum atomic E-state index is 12.4. The van der Waals surface area contributed by atoms with Gasteiger partial charge in [0, 0.05) is 0 Å². The zero-order chi connectivity index (χ0) is 16.9. The Bertz CT molecular complexity index is 597. The van der Waals surface area contributed by atoms with Crippen molar-refractivity contribution in [2.45, 2.75) is 19.0 Å². The molecule has 1 aromatic rings. The summed E-state index contributed by atoms with van der Waals surface area (Å²) in [5.74, 6) is -3.01. The Morgan fingerprint density at radius 1 is 1.27 bits per heavy atom. The van der Waals surface area contributed by atoms with Gasteiger partial charge in [-0.1, -0.05) is 29.3 Å². The molecule has 0 heterocycles. The third kappa shape index (κ3) is 4.57. The quantitative estimate of drug-likeness (QED) is 0.726. The second-order valence-electron chi connectivity index (χ2n) is 4.35. The van der Waals surface area contributed by atoms with E-state index < -0.39 is 36.5 Å². The number of carboxylic acid groups (broad SMARTS) is 1. The minimum absolute atomic E-state index is 0.0291. The van der Waals surface area contributed by atoms with Crippen molar-refractivity contribution in [2.75, 3.05) is 6.67 Å². The SMILES string of the molecule is CC(NC(=O)c1cccc(Cl)c1Cl)C(=O)NC(CF)C(=O)O. The van der Waals surface area contributed by atoms with E-state index in [1.165, 1.54) is 25.1 Å². The molecule has 0 spiro atoms. The summed E-state index contributed by atoms with van der Waals surface area (Å²) in [6.45, 7) is 0.0602. The maximum Gasteiger partial charge on any atom is 0.328 e. The summed E-state index contributed by atoms with van der Waals surface area (Å²) >= 11 is 11.7. The number of carboxylic acids is 1. The van der Waals surface area contributed by atoms with Crippen LogP contribution < -0.4 is 10.6 Å². The molecule has 0 aliphatic heterocycles. The van der Waals surface area contributed by atoms with Crippen molar-refractivity contribution in [3.8, 4) is 0 Å². The molecule has 120 valence electrons. The van der Waals surface area contributed by atoms with Crippen LogP contribution in [-0.4, -0.2) is 41.6 Å². The van der Waals surface area contributed by atoms with Crippen molar-refractivity contribution in [1.29, 1.82) is 0 Å². The van der Waals surface area contributed by atoms with Crippen LogP contribution in [0.1, 0.15) is 17.3 Å². The van der Waals surface area contributed by atoms with Gasteiger partial charge < -0.3 is 15.7 Å². The van der Waals surface area contributed by atoms with Gasteiger partial charge in [-0.05, 0) is 19.1 Å². The Kier molecular flexibility index (Phi) is 6.58. The molecule has 1 aromatic carbocycles. The van der Waals surface area contributed by atoms with Gasteiger partial charge in [-0.2, -0.15) is 0 Å². The average Bonchev–Trinajstić information content (AvgIpc) is 2.46. The Morgan fingerprint density at radius 2 is 1.91 bits per heavy atom. The minimum atomic E-state index is -1.67. The first kappa shape index (κ1) is 18.2. The van der Waals surface area contributed by atoms with E-state index in [1.54, 1.807) is 0 Å². The Balaban J connectivity index is 2.73. The summed E-state index contributed by atoms with van der Waals surface area (Å²) in [5.41, 5.74) is 0.0640. The molecule has 2 atom stereocenters. The highest BCUT2D eigenvalue weighted by atomic mass is 35.5. The third-order valence-corrected chi connectivity index (χ3v) is 3.52. The lowest BCUT2D eigenvalue weighted by atomic mass is 10.2. The zero-order valence-electron chi connectivity index (χ0n) is 11.4. The lowest BCUT2D eigenvalue weighted by molar-refractivity contribution is -0.142. The molecule has 0 aliphatic rings. The molecular formula is C13H13Cl2FN2O4. The molecule has 3 N–H and O–H groups in total. The average molecular weight is 351 g/mol. The molecule has 9 heteroatoms. The summed E-state index contributed by atoms with van der Waals surface area (Å²) in [4.78, 5) is 34.4. The van der Waals surface area contributed by atoms with Gasteiger partial charge in [0.2, 0.25) is 5.91 Å². The van der Waals surface area contributed by atoms with Gasteiger partial charge in [0.15, 0.2) is 6.04 Å². The molecule has 0 saturated carbocycles. The molecule has 0 aliphatic carbocycles. The molecule has 0 aromatic heterocycles. The van der Waals surface area contributed by atoms with Gasteiger partial charge in [-0.15, -0.1) is 0 Å². The number of rotatable bonds is 6. The minimum Gasteiger partial charge on any atom is -0.480 e. The number of aliphatic carboxylic acids is 1. The smallest absolute Gasteiger partial charge is 0.328 e. The van der Waals surface area contributed by atoms with Gasteiger partial charge in [-0.3, -0.25) is 9.59 Å². The third-order valence-electron chi connectivity index (χ3n) is 2.71. The maximum absolute atomic E-state index is 12.4. The fourth-order valence-electron chi connectivity index (χ4n) is 1.48. The molecule has 6 nitrogen and oxygen atoms in total. The van der Waals surface area contributed by atoms with E-state index in [0.717, 1.165) is 0 Å². The van der Waals surface area contributed by atoms with Crippen molar-refractivity contribution in [2.24, 2.45) is 0 Å². The van der Waals surface area contributed by atoms with Crippen LogP contribution in [0.5, 0.6) is 0 Å². The highest BCUT2D eigenvalue weighted by Gasteiger charge is 2.24. The number of hydrogen-bond acceptors (Lipinski definition) is 3. The summed E-state index contributed by atoms with van der Waals surface area (Å²) in [6.07, 6.45) is 0. The lowest BCUT2D eigenvalue weighted by Gasteiger charge is -2.17. The molecule has 22 heavy (non-hydrogen) atoms. The second-order valence-corrected chi connectivity index (χ2v) is 5.14. The molecule has 0 radical (unpaired) electrons. The van der Waals surface area contributed by atoms with Crippen LogP contribution in [0.15, 0.2) is 18.2 Å². The van der Waals surface area contributed by atoms with E-state index in [2.05, 4.69) is 5.32 Å². The molecule has 2 unspecified atom stereocenters. The van der Waals surface area contributed by atoms with Crippen molar-refractivity contribution >= 4 is 41.0 Å². The first-order valence-corrected chi connectivity index (χ1v) is 6.87. The van der Waals surface area contributed by atoms with Crippen LogP contribution in [0.25, 0.3) is 0 Å². The molecule has 0 saturated heterocycles. The Morgan fingerprint density at radius 3 is 2.45 bits per heavy atom. The number of alkyl halides is 1. The standard InChI is InChI=1S/C13H13Cl2FN2O4/c1-6(11(19)18-9(5-16)13(21)22)17-12(20)7-3-2-4-8(14)10(7)15/h2-4,6,9H,5H2,1H3,(H,17,20)(H,18,19)(H,21,22). The summed E-state index contributed by atoms with van der Waals surface area (Å²) in [5, 5.41) is 13.1. The number of nitrogens with one attached hydrogen (secondary N) is 2. The van der Waals surface area contributed by atoms with Crippen molar-refractivity contribution < 1.29 is 23.9 Å². The Labute approximate surface area is 135 Å². The van der Waals surface area contributed by atoms with Gasteiger partial charge in [0.1, 0.15) is 12.7 Å². The monoisotopic (exact) mass is 350 g/mol. The largest absolute Gasteiger partial charge is 0.480 e. The fourth-order valence-corrected chi connectivity index (χ4v) is 1.87. The van der Waals surface area contributed by atoms with Crippen molar-refractivity contribution in [3.63, 3.8) is 0 Å². The lowest BCUT2D eigenvalue weighted by Crippen LogP contribution is -2.51. The highest BCUT2D eigenvalue weighted by molar-refractivity contribution is 6.43. The number of halogens is 3. The van der Waals surface area contributed by atoms with E-state index in [0.29, 0.717) is 0 Å². The first-order valence-electron chi connectivity index (χ1n) is 6.12. The predicted molar refractivity (Wildman–Crippen MR) is 78.9 cm³/mol. The van der Waals surface area contributed by atoms with Crippen molar-refractivity contribution in [3.05, 3.63) is 33.8 Å². The molecule has 0 fully saturated rings. The molecule has 0 bridgehead atoms. The molecular weight excluding hydrogens is 338 g/mol. The number of carbonyl (C=O) groups excluding carboxylic acids is 2.